The van der Waals surface area contributed by atoms with E-state index in [1.807, 2.05) is 0 Å². The van der Waals surface area contributed by atoms with Crippen LogP contribution in [0, 0.1) is 29.6 Å². The van der Waals surface area contributed by atoms with Crippen molar-refractivity contribution >= 4 is 23.7 Å². The lowest BCUT2D eigenvalue weighted by atomic mass is 9.51. The Balaban J connectivity index is 1.53. The summed E-state index contributed by atoms with van der Waals surface area (Å²) in [5, 5.41) is 16.2. The van der Waals surface area contributed by atoms with Crippen molar-refractivity contribution in [1.82, 2.24) is 10.6 Å². The average molecular weight is 378 g/mol. The zero-order chi connectivity index (χ0) is 19.7. The lowest BCUT2D eigenvalue weighted by Gasteiger charge is -2.53. The van der Waals surface area contributed by atoms with Crippen LogP contribution in [0.15, 0.2) is 0 Å². The molecule has 4 N–H and O–H groups in total. The SMILES string of the molecule is C[C@H](NC(=O)C1C2CC3CC(C2)CC1C3)C(=O)N[C@H](CCC(N)=O)C(=O)[O-]. The second kappa shape index (κ2) is 7.86. The highest BCUT2D eigenvalue weighted by Crippen LogP contribution is 2.56. The number of nitrogens with one attached hydrogen (secondary N) is 2. The first-order valence-electron chi connectivity index (χ1n) is 9.84. The Labute approximate surface area is 158 Å². The smallest absolute Gasteiger partial charge is 0.242 e. The third-order valence-corrected chi connectivity index (χ3v) is 6.56. The molecule has 150 valence electrons. The Kier molecular flexibility index (Phi) is 5.72. The predicted molar refractivity (Wildman–Crippen MR) is 93.5 cm³/mol. The first-order chi connectivity index (χ1) is 12.7. The molecule has 4 fully saturated rings. The summed E-state index contributed by atoms with van der Waals surface area (Å²) in [5.41, 5.74) is 5.02. The summed E-state index contributed by atoms with van der Waals surface area (Å²) in [5.74, 6) is -0.564. The van der Waals surface area contributed by atoms with Gasteiger partial charge in [-0.25, -0.2) is 0 Å². The topological polar surface area (TPSA) is 141 Å². The zero-order valence-corrected chi connectivity index (χ0v) is 15.6. The van der Waals surface area contributed by atoms with E-state index in [0.29, 0.717) is 11.8 Å². The lowest BCUT2D eigenvalue weighted by molar-refractivity contribution is -0.308. The molecule has 0 aromatic carbocycles. The molecule has 0 aromatic rings. The molecule has 4 saturated carbocycles. The molecule has 0 spiro atoms. The van der Waals surface area contributed by atoms with Gasteiger partial charge in [-0.1, -0.05) is 0 Å². The van der Waals surface area contributed by atoms with Crippen LogP contribution in [-0.2, 0) is 19.2 Å². The molecule has 0 radical (unpaired) electrons. The van der Waals surface area contributed by atoms with E-state index in [1.165, 1.54) is 13.3 Å². The van der Waals surface area contributed by atoms with Crippen LogP contribution in [0.2, 0.25) is 0 Å². The highest BCUT2D eigenvalue weighted by Gasteiger charge is 2.50. The Morgan fingerprint density at radius 3 is 2.04 bits per heavy atom. The van der Waals surface area contributed by atoms with Crippen molar-refractivity contribution in [1.29, 1.82) is 0 Å². The Morgan fingerprint density at radius 2 is 1.56 bits per heavy atom. The van der Waals surface area contributed by atoms with Gasteiger partial charge in [0.25, 0.3) is 0 Å². The number of hydrogen-bond acceptors (Lipinski definition) is 5. The van der Waals surface area contributed by atoms with E-state index < -0.39 is 29.9 Å². The predicted octanol–water partition coefficient (Wildman–Crippen LogP) is -0.936. The van der Waals surface area contributed by atoms with Gasteiger partial charge in [-0.05, 0) is 69.1 Å². The number of amides is 3. The molecule has 8 heteroatoms. The number of aliphatic carboxylic acids is 1. The fourth-order valence-electron chi connectivity index (χ4n) is 5.56. The highest BCUT2D eigenvalue weighted by molar-refractivity contribution is 5.90. The molecule has 0 saturated heterocycles. The quantitative estimate of drug-likeness (QED) is 0.500. The second-order valence-electron chi connectivity index (χ2n) is 8.57. The second-order valence-corrected chi connectivity index (χ2v) is 8.57. The zero-order valence-electron chi connectivity index (χ0n) is 15.6. The number of carbonyl (C=O) groups is 4. The van der Waals surface area contributed by atoms with E-state index in [4.69, 9.17) is 5.73 Å². The molecule has 3 amide bonds. The summed E-state index contributed by atoms with van der Waals surface area (Å²) in [6, 6.07) is -2.17. The van der Waals surface area contributed by atoms with Gasteiger partial charge in [0.05, 0.1) is 12.0 Å². The number of rotatable bonds is 8. The van der Waals surface area contributed by atoms with Gasteiger partial charge in [-0.15, -0.1) is 0 Å². The summed E-state index contributed by atoms with van der Waals surface area (Å²) in [6.45, 7) is 1.53. The molecule has 4 bridgehead atoms. The van der Waals surface area contributed by atoms with E-state index in [0.717, 1.165) is 37.5 Å². The molecule has 4 aliphatic carbocycles. The fraction of sp³-hybridized carbons (Fsp3) is 0.789. The number of carboxylic acids is 1. The van der Waals surface area contributed by atoms with Crippen molar-refractivity contribution in [3.8, 4) is 0 Å². The molecule has 2 atom stereocenters. The van der Waals surface area contributed by atoms with E-state index in [1.54, 1.807) is 0 Å². The van der Waals surface area contributed by atoms with E-state index in [2.05, 4.69) is 10.6 Å². The summed E-state index contributed by atoms with van der Waals surface area (Å²) in [6.07, 6.45) is 5.40. The average Bonchev–Trinajstić information content (AvgIpc) is 2.56. The van der Waals surface area contributed by atoms with Gasteiger partial charge in [-0.3, -0.25) is 14.4 Å². The third-order valence-electron chi connectivity index (χ3n) is 6.56. The number of nitrogens with two attached hydrogens (primary N) is 1. The van der Waals surface area contributed by atoms with Gasteiger partial charge in [0.15, 0.2) is 0 Å². The van der Waals surface area contributed by atoms with Gasteiger partial charge in [-0.2, -0.15) is 0 Å². The van der Waals surface area contributed by atoms with Crippen LogP contribution in [-0.4, -0.2) is 35.8 Å². The van der Waals surface area contributed by atoms with Crippen LogP contribution in [0.1, 0.15) is 51.9 Å². The van der Waals surface area contributed by atoms with Gasteiger partial charge in [0, 0.05) is 12.3 Å². The minimum absolute atomic E-state index is 0.0418. The van der Waals surface area contributed by atoms with E-state index in [9.17, 15) is 24.3 Å². The lowest BCUT2D eigenvalue weighted by Crippen LogP contribution is -2.56. The van der Waals surface area contributed by atoms with Crippen molar-refractivity contribution in [3.05, 3.63) is 0 Å². The molecule has 0 unspecified atom stereocenters. The van der Waals surface area contributed by atoms with Gasteiger partial charge in [0.1, 0.15) is 6.04 Å². The minimum Gasteiger partial charge on any atom is -0.548 e. The van der Waals surface area contributed by atoms with Gasteiger partial charge >= 0.3 is 0 Å². The summed E-state index contributed by atoms with van der Waals surface area (Å²) in [4.78, 5) is 47.1. The number of carbonyl (C=O) groups excluding carboxylic acids is 4. The van der Waals surface area contributed by atoms with Crippen LogP contribution in [0.4, 0.5) is 0 Å². The molecule has 27 heavy (non-hydrogen) atoms. The fourth-order valence-corrected chi connectivity index (χ4v) is 5.56. The highest BCUT2D eigenvalue weighted by atomic mass is 16.4. The molecule has 4 rings (SSSR count). The summed E-state index contributed by atoms with van der Waals surface area (Å²) < 4.78 is 0. The van der Waals surface area contributed by atoms with E-state index in [-0.39, 0.29) is 24.7 Å². The van der Waals surface area contributed by atoms with Crippen LogP contribution < -0.4 is 21.5 Å². The van der Waals surface area contributed by atoms with Crippen LogP contribution in [0.25, 0.3) is 0 Å². The van der Waals surface area contributed by atoms with Crippen molar-refractivity contribution < 1.29 is 24.3 Å². The number of carboxylic acid groups (broad SMARTS) is 1. The molecule has 0 aliphatic heterocycles. The molecule has 0 heterocycles. The third kappa shape index (κ3) is 4.42. The molecule has 8 nitrogen and oxygen atoms in total. The normalized spacial score (nSPS) is 33.1. The van der Waals surface area contributed by atoms with Gasteiger partial charge < -0.3 is 26.3 Å². The van der Waals surface area contributed by atoms with Crippen LogP contribution in [0.5, 0.6) is 0 Å². The number of hydrogen-bond donors (Lipinski definition) is 3. The Morgan fingerprint density at radius 1 is 1.00 bits per heavy atom. The van der Waals surface area contributed by atoms with Crippen LogP contribution >= 0.6 is 0 Å². The molecule has 0 aromatic heterocycles. The van der Waals surface area contributed by atoms with Gasteiger partial charge in [0.2, 0.25) is 17.7 Å². The maximum atomic E-state index is 12.8. The Bertz CT molecular complexity index is 607. The first kappa shape index (κ1) is 19.6. The molecular weight excluding hydrogens is 350 g/mol. The summed E-state index contributed by atoms with van der Waals surface area (Å²) in [7, 11) is 0. The van der Waals surface area contributed by atoms with Crippen LogP contribution in [0.3, 0.4) is 0 Å². The Hall–Kier alpha value is -2.12. The first-order valence-corrected chi connectivity index (χ1v) is 9.84. The van der Waals surface area contributed by atoms with E-state index >= 15 is 0 Å². The van der Waals surface area contributed by atoms with Crippen molar-refractivity contribution in [3.63, 3.8) is 0 Å². The van der Waals surface area contributed by atoms with Crippen molar-refractivity contribution in [2.45, 2.75) is 64.0 Å². The van der Waals surface area contributed by atoms with Crippen molar-refractivity contribution in [2.75, 3.05) is 0 Å². The minimum atomic E-state index is -1.48. The summed E-state index contributed by atoms with van der Waals surface area (Å²) >= 11 is 0. The molecular formula is C19H28N3O5-. The maximum Gasteiger partial charge on any atom is 0.242 e. The monoisotopic (exact) mass is 378 g/mol. The number of primary amides is 1. The molecule has 4 aliphatic rings. The largest absolute Gasteiger partial charge is 0.548 e. The maximum absolute atomic E-state index is 12.8. The van der Waals surface area contributed by atoms with Crippen molar-refractivity contribution in [2.24, 2.45) is 35.3 Å². The standard InChI is InChI=1S/C19H29N3O5/c1-9(17(24)22-14(19(26)27)2-3-15(20)23)21-18(25)16-12-5-10-4-11(7-12)8-13(16)6-10/h9-14,16H,2-8H2,1H3,(H2,20,23)(H,21,25)(H,22,24)(H,26,27)/p-1/t9-,10?,11?,12?,13?,14+,16?/m0/s1.